The lowest BCUT2D eigenvalue weighted by Crippen LogP contribution is -2.35. The predicted octanol–water partition coefficient (Wildman–Crippen LogP) is 1.52. The monoisotopic (exact) mass is 297 g/mol. The van der Waals surface area contributed by atoms with Gasteiger partial charge in [-0.25, -0.2) is 9.18 Å². The zero-order valence-electron chi connectivity index (χ0n) is 12.3. The summed E-state index contributed by atoms with van der Waals surface area (Å²) in [7, 11) is 0. The van der Waals surface area contributed by atoms with Crippen LogP contribution < -0.4 is 16.4 Å². The molecule has 0 bridgehead atoms. The summed E-state index contributed by atoms with van der Waals surface area (Å²) in [6, 6.07) is 2.26. The van der Waals surface area contributed by atoms with Crippen molar-refractivity contribution in [2.24, 2.45) is 0 Å². The molecule has 0 aliphatic heterocycles. The molecule has 1 aromatic rings. The van der Waals surface area contributed by atoms with Gasteiger partial charge in [0.15, 0.2) is 0 Å². The largest absolute Gasteiger partial charge is 0.462 e. The molecule has 0 unspecified atom stereocenters. The van der Waals surface area contributed by atoms with Crippen molar-refractivity contribution in [2.75, 3.05) is 24.2 Å². The second-order valence-electron chi connectivity index (χ2n) is 4.72. The molecule has 6 nitrogen and oxygen atoms in total. The number of nitrogens with two attached hydrogens (primary N) is 1. The molecule has 0 aliphatic rings. The first-order chi connectivity index (χ1) is 9.85. The van der Waals surface area contributed by atoms with E-state index >= 15 is 0 Å². The second-order valence-corrected chi connectivity index (χ2v) is 4.72. The SMILES string of the molecule is CCOC(=O)c1cc(NCC(=O)NC(C)C)c(F)cc1N. The zero-order valence-corrected chi connectivity index (χ0v) is 12.3. The third kappa shape index (κ3) is 4.94. The molecule has 4 N–H and O–H groups in total. The van der Waals surface area contributed by atoms with Gasteiger partial charge >= 0.3 is 5.97 Å². The number of benzene rings is 1. The first kappa shape index (κ1) is 16.7. The van der Waals surface area contributed by atoms with Crippen molar-refractivity contribution < 1.29 is 18.7 Å². The highest BCUT2D eigenvalue weighted by molar-refractivity contribution is 5.96. The molecule has 21 heavy (non-hydrogen) atoms. The van der Waals surface area contributed by atoms with Gasteiger partial charge < -0.3 is 21.1 Å². The van der Waals surface area contributed by atoms with Crippen molar-refractivity contribution in [2.45, 2.75) is 26.8 Å². The summed E-state index contributed by atoms with van der Waals surface area (Å²) < 4.78 is 18.6. The van der Waals surface area contributed by atoms with E-state index in [2.05, 4.69) is 10.6 Å². The molecular weight excluding hydrogens is 277 g/mol. The fraction of sp³-hybridized carbons (Fsp3) is 0.429. The number of rotatable bonds is 6. The Labute approximate surface area is 122 Å². The number of carbonyl (C=O) groups excluding carboxylic acids is 2. The van der Waals surface area contributed by atoms with Gasteiger partial charge in [-0.3, -0.25) is 4.79 Å². The van der Waals surface area contributed by atoms with E-state index < -0.39 is 11.8 Å². The van der Waals surface area contributed by atoms with Gasteiger partial charge in [-0.15, -0.1) is 0 Å². The lowest BCUT2D eigenvalue weighted by molar-refractivity contribution is -0.119. The molecule has 1 rings (SSSR count). The number of hydrogen-bond donors (Lipinski definition) is 3. The molecule has 0 aliphatic carbocycles. The van der Waals surface area contributed by atoms with Gasteiger partial charge in [0.05, 0.1) is 24.4 Å². The minimum atomic E-state index is -0.641. The Bertz CT molecular complexity index is 532. The number of hydrogen-bond acceptors (Lipinski definition) is 5. The molecule has 0 atom stereocenters. The van der Waals surface area contributed by atoms with Crippen molar-refractivity contribution in [3.8, 4) is 0 Å². The number of ether oxygens (including phenoxy) is 1. The van der Waals surface area contributed by atoms with Gasteiger partial charge in [0.1, 0.15) is 5.82 Å². The number of halogens is 1. The van der Waals surface area contributed by atoms with Crippen LogP contribution in [0.3, 0.4) is 0 Å². The van der Waals surface area contributed by atoms with E-state index in [0.717, 1.165) is 6.07 Å². The number of nitrogen functional groups attached to an aromatic ring is 1. The lowest BCUT2D eigenvalue weighted by atomic mass is 10.1. The van der Waals surface area contributed by atoms with E-state index in [4.69, 9.17) is 10.5 Å². The first-order valence-electron chi connectivity index (χ1n) is 6.64. The maximum atomic E-state index is 13.8. The third-order valence-corrected chi connectivity index (χ3v) is 2.52. The van der Waals surface area contributed by atoms with Crippen LogP contribution in [0.25, 0.3) is 0 Å². The van der Waals surface area contributed by atoms with Gasteiger partial charge in [0.2, 0.25) is 5.91 Å². The molecule has 1 amide bonds. The van der Waals surface area contributed by atoms with Crippen LogP contribution in [0.15, 0.2) is 12.1 Å². The summed E-state index contributed by atoms with van der Waals surface area (Å²) in [5, 5.41) is 5.29. The van der Waals surface area contributed by atoms with Crippen LogP contribution in [-0.4, -0.2) is 31.1 Å². The maximum absolute atomic E-state index is 13.8. The van der Waals surface area contributed by atoms with Gasteiger partial charge in [-0.1, -0.05) is 0 Å². The Hall–Kier alpha value is -2.31. The average Bonchev–Trinajstić information content (AvgIpc) is 2.37. The fourth-order valence-corrected chi connectivity index (χ4v) is 1.66. The third-order valence-electron chi connectivity index (χ3n) is 2.52. The van der Waals surface area contributed by atoms with E-state index in [9.17, 15) is 14.0 Å². The highest BCUT2D eigenvalue weighted by Gasteiger charge is 2.15. The molecule has 7 heteroatoms. The molecule has 0 aromatic heterocycles. The van der Waals surface area contributed by atoms with Crippen LogP contribution in [0, 0.1) is 5.82 Å². The van der Waals surface area contributed by atoms with E-state index in [1.165, 1.54) is 6.07 Å². The molecule has 0 saturated heterocycles. The van der Waals surface area contributed by atoms with Gasteiger partial charge in [-0.05, 0) is 32.9 Å². The van der Waals surface area contributed by atoms with Gasteiger partial charge in [0.25, 0.3) is 0 Å². The molecule has 0 fully saturated rings. The van der Waals surface area contributed by atoms with E-state index in [-0.39, 0.29) is 42.0 Å². The highest BCUT2D eigenvalue weighted by Crippen LogP contribution is 2.22. The standard InChI is InChI=1S/C14H20FN3O3/c1-4-21-14(20)9-5-12(10(15)6-11(9)16)17-7-13(19)18-8(2)3/h5-6,8,17H,4,7,16H2,1-3H3,(H,18,19). The molecule has 1 aromatic carbocycles. The predicted molar refractivity (Wildman–Crippen MR) is 78.5 cm³/mol. The van der Waals surface area contributed by atoms with Gasteiger partial charge in [0, 0.05) is 11.7 Å². The highest BCUT2D eigenvalue weighted by atomic mass is 19.1. The number of carbonyl (C=O) groups is 2. The molecule has 116 valence electrons. The van der Waals surface area contributed by atoms with Gasteiger partial charge in [-0.2, -0.15) is 0 Å². The minimum Gasteiger partial charge on any atom is -0.462 e. The molecule has 0 spiro atoms. The Kier molecular flexibility index (Phi) is 5.95. The number of anilines is 2. The average molecular weight is 297 g/mol. The van der Waals surface area contributed by atoms with Crippen molar-refractivity contribution >= 4 is 23.3 Å². The molecular formula is C14H20FN3O3. The quantitative estimate of drug-likeness (QED) is 0.547. The van der Waals surface area contributed by atoms with Crippen LogP contribution in [0.1, 0.15) is 31.1 Å². The fourth-order valence-electron chi connectivity index (χ4n) is 1.66. The molecule has 0 saturated carbocycles. The van der Waals surface area contributed by atoms with Crippen molar-refractivity contribution in [1.82, 2.24) is 5.32 Å². The van der Waals surface area contributed by atoms with Crippen molar-refractivity contribution in [3.05, 3.63) is 23.5 Å². The molecule has 0 heterocycles. The lowest BCUT2D eigenvalue weighted by Gasteiger charge is -2.12. The maximum Gasteiger partial charge on any atom is 0.340 e. The zero-order chi connectivity index (χ0) is 16.0. The summed E-state index contributed by atoms with van der Waals surface area (Å²) in [6.45, 7) is 5.38. The van der Waals surface area contributed by atoms with E-state index in [1.54, 1.807) is 6.92 Å². The van der Waals surface area contributed by atoms with Crippen molar-refractivity contribution in [1.29, 1.82) is 0 Å². The summed E-state index contributed by atoms with van der Waals surface area (Å²) >= 11 is 0. The Morgan fingerprint density at radius 2 is 2.05 bits per heavy atom. The smallest absolute Gasteiger partial charge is 0.340 e. The van der Waals surface area contributed by atoms with E-state index in [1.807, 2.05) is 13.8 Å². The van der Waals surface area contributed by atoms with E-state index in [0.29, 0.717) is 0 Å². The Morgan fingerprint density at radius 1 is 1.38 bits per heavy atom. The first-order valence-corrected chi connectivity index (χ1v) is 6.64. The normalized spacial score (nSPS) is 10.3. The van der Waals surface area contributed by atoms with Crippen LogP contribution >= 0.6 is 0 Å². The van der Waals surface area contributed by atoms with Crippen molar-refractivity contribution in [3.63, 3.8) is 0 Å². The topological polar surface area (TPSA) is 93.4 Å². The summed E-state index contributed by atoms with van der Waals surface area (Å²) in [5.41, 5.74) is 5.66. The van der Waals surface area contributed by atoms with Crippen LogP contribution in [0.2, 0.25) is 0 Å². The Balaban J connectivity index is 2.85. The summed E-state index contributed by atoms with van der Waals surface area (Å²) in [6.07, 6.45) is 0. The van der Waals surface area contributed by atoms with Crippen LogP contribution in [0.5, 0.6) is 0 Å². The number of amides is 1. The summed E-state index contributed by atoms with van der Waals surface area (Å²) in [4.78, 5) is 23.2. The Morgan fingerprint density at radius 3 is 2.62 bits per heavy atom. The number of nitrogens with one attached hydrogen (secondary N) is 2. The second kappa shape index (κ2) is 7.47. The van der Waals surface area contributed by atoms with Crippen LogP contribution in [0.4, 0.5) is 15.8 Å². The molecule has 0 radical (unpaired) electrons. The minimum absolute atomic E-state index is 0.00865. The summed E-state index contributed by atoms with van der Waals surface area (Å²) in [5.74, 6) is -1.55. The van der Waals surface area contributed by atoms with Crippen LogP contribution in [-0.2, 0) is 9.53 Å². The number of esters is 1.